The molecule has 0 aromatic carbocycles. The molecule has 1 N–H and O–H groups in total. The van der Waals surface area contributed by atoms with Crippen LogP contribution in [-0.4, -0.2) is 63.1 Å². The minimum atomic E-state index is 0.476. The number of hydrogen-bond acceptors (Lipinski definition) is 5. The lowest BCUT2D eigenvalue weighted by Gasteiger charge is -2.21. The third-order valence-corrected chi connectivity index (χ3v) is 4.98. The van der Waals surface area contributed by atoms with Gasteiger partial charge in [0.2, 0.25) is 0 Å². The number of nitrogens with zero attached hydrogens (tertiary/aromatic N) is 3. The highest BCUT2D eigenvalue weighted by Gasteiger charge is 2.25. The van der Waals surface area contributed by atoms with Crippen molar-refractivity contribution in [2.24, 2.45) is 10.9 Å². The number of ether oxygens (including phenoxy) is 2. The van der Waals surface area contributed by atoms with E-state index in [9.17, 15) is 0 Å². The van der Waals surface area contributed by atoms with Crippen LogP contribution in [0.4, 0.5) is 0 Å². The minimum absolute atomic E-state index is 0.476. The van der Waals surface area contributed by atoms with Crippen molar-refractivity contribution in [2.75, 3.05) is 47.1 Å². The number of aliphatic imine (C=N–C) groups is 1. The summed E-state index contributed by atoms with van der Waals surface area (Å²) in [6.07, 6.45) is 3.28. The number of rotatable bonds is 10. The van der Waals surface area contributed by atoms with E-state index in [2.05, 4.69) is 40.3 Å². The molecule has 1 unspecified atom stereocenters. The maximum absolute atomic E-state index is 5.66. The van der Waals surface area contributed by atoms with Crippen LogP contribution >= 0.6 is 0 Å². The molecule has 1 saturated heterocycles. The van der Waals surface area contributed by atoms with Gasteiger partial charge in [-0.15, -0.1) is 0 Å². The summed E-state index contributed by atoms with van der Waals surface area (Å²) in [6, 6.07) is 2.06. The fraction of sp³-hybridized carbons (Fsp3) is 0.789. The molecule has 0 aliphatic carbocycles. The molecule has 2 heterocycles. The SMILES string of the molecule is CCC(CC)c1cc(CNC(=NC)N2CCC(COCCOC)C2)on1. The molecule has 148 valence electrons. The second-order valence-corrected chi connectivity index (χ2v) is 6.80. The average Bonchev–Trinajstić information content (AvgIpc) is 3.31. The Morgan fingerprint density at radius 2 is 2.23 bits per heavy atom. The van der Waals surface area contributed by atoms with E-state index < -0.39 is 0 Å². The fourth-order valence-electron chi connectivity index (χ4n) is 3.36. The third kappa shape index (κ3) is 5.99. The van der Waals surface area contributed by atoms with Gasteiger partial charge in [-0.3, -0.25) is 4.99 Å². The number of guanidine groups is 1. The monoisotopic (exact) mass is 366 g/mol. The second kappa shape index (κ2) is 11.2. The molecular weight excluding hydrogens is 332 g/mol. The summed E-state index contributed by atoms with van der Waals surface area (Å²) in [4.78, 5) is 6.69. The highest BCUT2D eigenvalue weighted by Crippen LogP contribution is 2.22. The summed E-state index contributed by atoms with van der Waals surface area (Å²) in [5.74, 6) is 2.78. The van der Waals surface area contributed by atoms with Crippen LogP contribution in [0.2, 0.25) is 0 Å². The molecule has 0 radical (unpaired) electrons. The van der Waals surface area contributed by atoms with E-state index in [-0.39, 0.29) is 0 Å². The number of likely N-dealkylation sites (tertiary alicyclic amines) is 1. The summed E-state index contributed by atoms with van der Waals surface area (Å²) in [5.41, 5.74) is 1.05. The smallest absolute Gasteiger partial charge is 0.194 e. The zero-order chi connectivity index (χ0) is 18.8. The molecule has 0 spiro atoms. The Morgan fingerprint density at radius 1 is 1.42 bits per heavy atom. The van der Waals surface area contributed by atoms with Crippen molar-refractivity contribution in [1.29, 1.82) is 0 Å². The van der Waals surface area contributed by atoms with Gasteiger partial charge in [0.25, 0.3) is 0 Å². The van der Waals surface area contributed by atoms with Gasteiger partial charge in [-0.05, 0) is 19.3 Å². The zero-order valence-corrected chi connectivity index (χ0v) is 16.7. The largest absolute Gasteiger partial charge is 0.382 e. The Balaban J connectivity index is 1.78. The Hall–Kier alpha value is -1.60. The van der Waals surface area contributed by atoms with Crippen LogP contribution in [0.5, 0.6) is 0 Å². The lowest BCUT2D eigenvalue weighted by Crippen LogP contribution is -2.39. The average molecular weight is 367 g/mol. The van der Waals surface area contributed by atoms with Crippen LogP contribution in [0.15, 0.2) is 15.6 Å². The molecule has 0 bridgehead atoms. The van der Waals surface area contributed by atoms with Gasteiger partial charge in [0.15, 0.2) is 11.7 Å². The molecule has 26 heavy (non-hydrogen) atoms. The van der Waals surface area contributed by atoms with E-state index in [1.807, 2.05) is 7.05 Å². The maximum Gasteiger partial charge on any atom is 0.194 e. The van der Waals surface area contributed by atoms with Crippen LogP contribution in [0.1, 0.15) is 50.5 Å². The van der Waals surface area contributed by atoms with Crippen LogP contribution in [0.25, 0.3) is 0 Å². The Labute approximate surface area is 157 Å². The predicted molar refractivity (Wildman–Crippen MR) is 102 cm³/mol. The van der Waals surface area contributed by atoms with Crippen molar-refractivity contribution in [3.63, 3.8) is 0 Å². The second-order valence-electron chi connectivity index (χ2n) is 6.80. The summed E-state index contributed by atoms with van der Waals surface area (Å²) < 4.78 is 16.2. The van der Waals surface area contributed by atoms with Gasteiger partial charge in [-0.1, -0.05) is 19.0 Å². The van der Waals surface area contributed by atoms with Gasteiger partial charge < -0.3 is 24.2 Å². The first kappa shape index (κ1) is 20.7. The van der Waals surface area contributed by atoms with E-state index in [4.69, 9.17) is 14.0 Å². The first-order valence-corrected chi connectivity index (χ1v) is 9.69. The van der Waals surface area contributed by atoms with Crippen molar-refractivity contribution >= 4 is 5.96 Å². The van der Waals surface area contributed by atoms with E-state index in [0.717, 1.165) is 56.4 Å². The van der Waals surface area contributed by atoms with Gasteiger partial charge in [0.05, 0.1) is 32.1 Å². The van der Waals surface area contributed by atoms with E-state index in [1.165, 1.54) is 0 Å². The molecule has 1 aromatic rings. The van der Waals surface area contributed by atoms with Crippen molar-refractivity contribution in [3.8, 4) is 0 Å². The molecule has 2 rings (SSSR count). The van der Waals surface area contributed by atoms with Crippen molar-refractivity contribution in [1.82, 2.24) is 15.4 Å². The summed E-state index contributed by atoms with van der Waals surface area (Å²) in [6.45, 7) is 9.01. The van der Waals surface area contributed by atoms with Gasteiger partial charge in [-0.2, -0.15) is 0 Å². The third-order valence-electron chi connectivity index (χ3n) is 4.98. The first-order valence-electron chi connectivity index (χ1n) is 9.69. The number of hydrogen-bond donors (Lipinski definition) is 1. The van der Waals surface area contributed by atoms with Crippen molar-refractivity contribution in [3.05, 3.63) is 17.5 Å². The van der Waals surface area contributed by atoms with E-state index >= 15 is 0 Å². The predicted octanol–water partition coefficient (Wildman–Crippen LogP) is 2.64. The summed E-state index contributed by atoms with van der Waals surface area (Å²) >= 11 is 0. The first-order chi connectivity index (χ1) is 12.7. The molecule has 1 atom stereocenters. The highest BCUT2D eigenvalue weighted by molar-refractivity contribution is 5.80. The molecule has 1 fully saturated rings. The van der Waals surface area contributed by atoms with E-state index in [0.29, 0.717) is 31.6 Å². The summed E-state index contributed by atoms with van der Waals surface area (Å²) in [5, 5.41) is 7.62. The number of methoxy groups -OCH3 is 1. The van der Waals surface area contributed by atoms with Gasteiger partial charge >= 0.3 is 0 Å². The maximum atomic E-state index is 5.66. The number of aromatic nitrogens is 1. The zero-order valence-electron chi connectivity index (χ0n) is 16.7. The lowest BCUT2D eigenvalue weighted by molar-refractivity contribution is 0.0536. The highest BCUT2D eigenvalue weighted by atomic mass is 16.5. The lowest BCUT2D eigenvalue weighted by atomic mass is 9.99. The molecule has 0 saturated carbocycles. The van der Waals surface area contributed by atoms with Gasteiger partial charge in [0.1, 0.15) is 0 Å². The van der Waals surface area contributed by atoms with E-state index in [1.54, 1.807) is 7.11 Å². The van der Waals surface area contributed by atoms with Crippen LogP contribution in [0, 0.1) is 5.92 Å². The Kier molecular flexibility index (Phi) is 8.91. The molecule has 1 aromatic heterocycles. The molecule has 1 aliphatic rings. The van der Waals surface area contributed by atoms with Crippen LogP contribution in [-0.2, 0) is 16.0 Å². The van der Waals surface area contributed by atoms with Crippen LogP contribution in [0.3, 0.4) is 0 Å². The molecule has 7 heteroatoms. The minimum Gasteiger partial charge on any atom is -0.382 e. The standard InChI is InChI=1S/C19H34N4O3/c1-5-16(6-2)18-11-17(26-22-18)12-21-19(20-3)23-8-7-15(13-23)14-25-10-9-24-4/h11,15-16H,5-10,12-14H2,1-4H3,(H,20,21). The fourth-order valence-corrected chi connectivity index (χ4v) is 3.36. The number of nitrogens with one attached hydrogen (secondary N) is 1. The molecule has 7 nitrogen and oxygen atoms in total. The Bertz CT molecular complexity index is 543. The van der Waals surface area contributed by atoms with Crippen molar-refractivity contribution in [2.45, 2.75) is 45.6 Å². The molecule has 0 amide bonds. The quantitative estimate of drug-likeness (QED) is 0.390. The normalized spacial score (nSPS) is 18.1. The van der Waals surface area contributed by atoms with Crippen molar-refractivity contribution < 1.29 is 14.0 Å². The molecular formula is C19H34N4O3. The summed E-state index contributed by atoms with van der Waals surface area (Å²) in [7, 11) is 3.51. The van der Waals surface area contributed by atoms with Crippen LogP contribution < -0.4 is 5.32 Å². The topological polar surface area (TPSA) is 72.1 Å². The van der Waals surface area contributed by atoms with Gasteiger partial charge in [-0.25, -0.2) is 0 Å². The van der Waals surface area contributed by atoms with Gasteiger partial charge in [0, 0.05) is 45.1 Å². The molecule has 1 aliphatic heterocycles. The Morgan fingerprint density at radius 3 is 2.92 bits per heavy atom.